The molecule has 1 aromatic carbocycles. The Bertz CT molecular complexity index is 561. The lowest BCUT2D eigenvalue weighted by molar-refractivity contribution is 0.281. The average molecular weight is 340 g/mol. The largest absolute Gasteiger partial charge is 0.392 e. The van der Waals surface area contributed by atoms with Crippen molar-refractivity contribution >= 4 is 33.2 Å². The third-order valence-electron chi connectivity index (χ3n) is 2.89. The molecular formula is C13H19Cl2NO3S. The molecule has 1 rings (SSSR count). The highest BCUT2D eigenvalue weighted by Gasteiger charge is 2.22. The monoisotopic (exact) mass is 339 g/mol. The quantitative estimate of drug-likeness (QED) is 0.800. The van der Waals surface area contributed by atoms with Gasteiger partial charge in [-0.3, -0.25) is 0 Å². The summed E-state index contributed by atoms with van der Waals surface area (Å²) in [4.78, 5) is -0.0981. The number of unbranched alkanes of at least 4 members (excludes halogenated alkanes) is 1. The highest BCUT2D eigenvalue weighted by Crippen LogP contribution is 2.29. The lowest BCUT2D eigenvalue weighted by Gasteiger charge is -2.16. The Morgan fingerprint density at radius 3 is 2.55 bits per heavy atom. The van der Waals surface area contributed by atoms with Crippen LogP contribution in [0.4, 0.5) is 0 Å². The van der Waals surface area contributed by atoms with Crippen LogP contribution in [-0.4, -0.2) is 19.6 Å². The fourth-order valence-electron chi connectivity index (χ4n) is 1.83. The lowest BCUT2D eigenvalue weighted by Crippen LogP contribution is -2.32. The van der Waals surface area contributed by atoms with E-state index >= 15 is 0 Å². The second-order valence-corrected chi connectivity index (χ2v) is 7.20. The van der Waals surface area contributed by atoms with Crippen molar-refractivity contribution in [2.75, 3.05) is 0 Å². The number of rotatable bonds is 7. The molecule has 7 heteroatoms. The summed E-state index contributed by atoms with van der Waals surface area (Å²) in [5.41, 5.74) is 0.292. The lowest BCUT2D eigenvalue weighted by atomic mass is 10.2. The molecule has 0 saturated heterocycles. The van der Waals surface area contributed by atoms with Crippen molar-refractivity contribution in [1.29, 1.82) is 0 Å². The topological polar surface area (TPSA) is 66.4 Å². The van der Waals surface area contributed by atoms with Gasteiger partial charge in [0, 0.05) is 11.1 Å². The van der Waals surface area contributed by atoms with Gasteiger partial charge in [-0.15, -0.1) is 0 Å². The summed E-state index contributed by atoms with van der Waals surface area (Å²) in [5.74, 6) is 0. The molecule has 0 bridgehead atoms. The number of halogens is 2. The van der Waals surface area contributed by atoms with Gasteiger partial charge in [-0.05, 0) is 31.0 Å². The molecular weight excluding hydrogens is 321 g/mol. The van der Waals surface area contributed by atoms with Gasteiger partial charge in [-0.1, -0.05) is 43.0 Å². The molecule has 0 aromatic heterocycles. The molecule has 0 fully saturated rings. The molecule has 0 aliphatic carbocycles. The number of sulfonamides is 1. The van der Waals surface area contributed by atoms with Gasteiger partial charge in [0.05, 0.1) is 11.6 Å². The Morgan fingerprint density at radius 2 is 2.00 bits per heavy atom. The van der Waals surface area contributed by atoms with E-state index in [1.165, 1.54) is 12.1 Å². The maximum atomic E-state index is 12.3. The number of aliphatic hydroxyl groups is 1. The fourth-order valence-corrected chi connectivity index (χ4v) is 4.03. The van der Waals surface area contributed by atoms with E-state index in [1.54, 1.807) is 6.92 Å². The highest BCUT2D eigenvalue weighted by atomic mass is 35.5. The second kappa shape index (κ2) is 7.61. The van der Waals surface area contributed by atoms with Crippen molar-refractivity contribution < 1.29 is 13.5 Å². The van der Waals surface area contributed by atoms with E-state index in [0.717, 1.165) is 19.3 Å². The van der Waals surface area contributed by atoms with E-state index < -0.39 is 10.0 Å². The molecule has 0 aliphatic rings. The van der Waals surface area contributed by atoms with Crippen LogP contribution < -0.4 is 4.72 Å². The molecule has 0 heterocycles. The average Bonchev–Trinajstić information content (AvgIpc) is 2.37. The standard InChI is InChI=1S/C13H19Cl2NO3S/c1-3-4-5-9(2)16-20(18,19)12-7-11(14)6-10(8-17)13(12)15/h6-7,9,16-17H,3-5,8H2,1-2H3. The molecule has 0 radical (unpaired) electrons. The first-order chi connectivity index (χ1) is 9.31. The summed E-state index contributed by atoms with van der Waals surface area (Å²) in [5, 5.41) is 9.40. The van der Waals surface area contributed by atoms with E-state index in [2.05, 4.69) is 4.72 Å². The van der Waals surface area contributed by atoms with Crippen molar-refractivity contribution in [2.45, 2.75) is 50.7 Å². The van der Waals surface area contributed by atoms with Gasteiger partial charge in [0.25, 0.3) is 0 Å². The van der Waals surface area contributed by atoms with Crippen LogP contribution in [-0.2, 0) is 16.6 Å². The molecule has 1 unspecified atom stereocenters. The molecule has 4 nitrogen and oxygen atoms in total. The molecule has 0 spiro atoms. The predicted octanol–water partition coefficient (Wildman–Crippen LogP) is 3.34. The normalized spacial score (nSPS) is 13.4. The van der Waals surface area contributed by atoms with E-state index in [1.807, 2.05) is 6.92 Å². The van der Waals surface area contributed by atoms with Gasteiger partial charge in [-0.2, -0.15) is 0 Å². The number of hydrogen-bond acceptors (Lipinski definition) is 3. The molecule has 0 saturated carbocycles. The minimum Gasteiger partial charge on any atom is -0.392 e. The number of benzene rings is 1. The van der Waals surface area contributed by atoms with Crippen LogP contribution in [0.5, 0.6) is 0 Å². The van der Waals surface area contributed by atoms with Gasteiger partial charge in [-0.25, -0.2) is 13.1 Å². The Kier molecular flexibility index (Phi) is 6.75. The zero-order valence-electron chi connectivity index (χ0n) is 11.5. The van der Waals surface area contributed by atoms with Crippen LogP contribution in [0.1, 0.15) is 38.7 Å². The molecule has 20 heavy (non-hydrogen) atoms. The molecule has 2 N–H and O–H groups in total. The zero-order valence-corrected chi connectivity index (χ0v) is 13.8. The van der Waals surface area contributed by atoms with Gasteiger partial charge in [0.2, 0.25) is 10.0 Å². The summed E-state index contributed by atoms with van der Waals surface area (Å²) < 4.78 is 27.2. The van der Waals surface area contributed by atoms with Crippen LogP contribution in [0.2, 0.25) is 10.0 Å². The van der Waals surface area contributed by atoms with Gasteiger partial charge in [0.15, 0.2) is 0 Å². The van der Waals surface area contributed by atoms with E-state index in [-0.39, 0.29) is 27.6 Å². The third-order valence-corrected chi connectivity index (χ3v) is 5.28. The van der Waals surface area contributed by atoms with Crippen molar-refractivity contribution in [3.63, 3.8) is 0 Å². The Morgan fingerprint density at radius 1 is 1.35 bits per heavy atom. The van der Waals surface area contributed by atoms with Crippen molar-refractivity contribution in [2.24, 2.45) is 0 Å². The van der Waals surface area contributed by atoms with Gasteiger partial charge >= 0.3 is 0 Å². The van der Waals surface area contributed by atoms with Crippen LogP contribution in [0.15, 0.2) is 17.0 Å². The summed E-state index contributed by atoms with van der Waals surface area (Å²) in [6, 6.07) is 2.55. The molecule has 0 amide bonds. The van der Waals surface area contributed by atoms with E-state index in [9.17, 15) is 13.5 Å². The summed E-state index contributed by atoms with van der Waals surface area (Å²) in [6.07, 6.45) is 2.69. The smallest absolute Gasteiger partial charge is 0.242 e. The predicted molar refractivity (Wildman–Crippen MR) is 81.7 cm³/mol. The summed E-state index contributed by atoms with van der Waals surface area (Å²) in [7, 11) is -3.75. The highest BCUT2D eigenvalue weighted by molar-refractivity contribution is 7.89. The van der Waals surface area contributed by atoms with Gasteiger partial charge in [0.1, 0.15) is 4.90 Å². The number of hydrogen-bond donors (Lipinski definition) is 2. The zero-order chi connectivity index (χ0) is 15.3. The van der Waals surface area contributed by atoms with Crippen molar-refractivity contribution in [3.8, 4) is 0 Å². The number of aliphatic hydroxyl groups excluding tert-OH is 1. The molecule has 1 aromatic rings. The minimum atomic E-state index is -3.75. The Balaban J connectivity index is 3.06. The Labute approximate surface area is 130 Å². The maximum absolute atomic E-state index is 12.3. The van der Waals surface area contributed by atoms with Crippen molar-refractivity contribution in [1.82, 2.24) is 4.72 Å². The summed E-state index contributed by atoms with van der Waals surface area (Å²) >= 11 is 11.9. The first-order valence-corrected chi connectivity index (χ1v) is 8.66. The molecule has 0 aliphatic heterocycles. The molecule has 1 atom stereocenters. The maximum Gasteiger partial charge on any atom is 0.242 e. The number of nitrogens with one attached hydrogen (secondary N) is 1. The van der Waals surface area contributed by atoms with E-state index in [4.69, 9.17) is 23.2 Å². The SMILES string of the molecule is CCCCC(C)NS(=O)(=O)c1cc(Cl)cc(CO)c1Cl. The summed E-state index contributed by atoms with van der Waals surface area (Å²) in [6.45, 7) is 3.48. The molecule has 114 valence electrons. The van der Waals surface area contributed by atoms with Gasteiger partial charge < -0.3 is 5.11 Å². The van der Waals surface area contributed by atoms with Crippen LogP contribution in [0.25, 0.3) is 0 Å². The van der Waals surface area contributed by atoms with Crippen LogP contribution in [0, 0.1) is 0 Å². The Hall–Kier alpha value is -0.330. The first kappa shape index (κ1) is 17.7. The third kappa shape index (κ3) is 4.60. The van der Waals surface area contributed by atoms with Crippen LogP contribution >= 0.6 is 23.2 Å². The van der Waals surface area contributed by atoms with Crippen LogP contribution in [0.3, 0.4) is 0 Å². The van der Waals surface area contributed by atoms with Crippen molar-refractivity contribution in [3.05, 3.63) is 27.7 Å². The minimum absolute atomic E-state index is 0.00657. The van der Waals surface area contributed by atoms with E-state index in [0.29, 0.717) is 5.56 Å². The first-order valence-electron chi connectivity index (χ1n) is 6.43. The second-order valence-electron chi connectivity index (χ2n) is 4.70. The fraction of sp³-hybridized carbons (Fsp3) is 0.538.